The number of amides is 1. The van der Waals surface area contributed by atoms with Gasteiger partial charge in [-0.05, 0) is 19.8 Å². The van der Waals surface area contributed by atoms with Crippen LogP contribution in [0.2, 0.25) is 0 Å². The Labute approximate surface area is 122 Å². The molecule has 0 aliphatic heterocycles. The molecule has 2 rings (SSSR count). The summed E-state index contributed by atoms with van der Waals surface area (Å²) in [7, 11) is 1.92. The van der Waals surface area contributed by atoms with E-state index in [4.69, 9.17) is 5.73 Å². The Morgan fingerprint density at radius 2 is 2.11 bits per heavy atom. The lowest BCUT2D eigenvalue weighted by Gasteiger charge is -2.32. The highest BCUT2D eigenvalue weighted by Crippen LogP contribution is 2.29. The molecule has 1 fully saturated rings. The van der Waals surface area contributed by atoms with Crippen LogP contribution in [0.25, 0.3) is 0 Å². The zero-order valence-electron chi connectivity index (χ0n) is 11.3. The minimum absolute atomic E-state index is 0.140. The first-order valence-electron chi connectivity index (χ1n) is 6.60. The van der Waals surface area contributed by atoms with E-state index in [2.05, 4.69) is 10.2 Å². The van der Waals surface area contributed by atoms with Crippen molar-refractivity contribution in [2.45, 2.75) is 54.7 Å². The van der Waals surface area contributed by atoms with Crippen LogP contribution in [-0.4, -0.2) is 39.3 Å². The second kappa shape index (κ2) is 6.56. The number of thioether (sulfide) groups is 1. The molecule has 106 valence electrons. The third-order valence-electron chi connectivity index (χ3n) is 3.52. The molecule has 0 saturated heterocycles. The fourth-order valence-electron chi connectivity index (χ4n) is 2.40. The minimum Gasteiger partial charge on any atom is -0.374 e. The quantitative estimate of drug-likeness (QED) is 0.864. The van der Waals surface area contributed by atoms with Gasteiger partial charge in [-0.3, -0.25) is 4.79 Å². The fraction of sp³-hybridized carbons (Fsp3) is 0.750. The number of nitrogen functional groups attached to an aromatic ring is 1. The number of hydrogen-bond acceptors (Lipinski definition) is 6. The van der Waals surface area contributed by atoms with E-state index < -0.39 is 0 Å². The number of rotatable bonds is 4. The summed E-state index contributed by atoms with van der Waals surface area (Å²) in [6, 6.07) is 0.406. The second-order valence-corrected chi connectivity index (χ2v) is 7.50. The number of nitrogens with zero attached hydrogens (tertiary/aromatic N) is 3. The van der Waals surface area contributed by atoms with Crippen molar-refractivity contribution in [2.75, 3.05) is 12.8 Å². The van der Waals surface area contributed by atoms with Crippen molar-refractivity contribution < 1.29 is 4.79 Å². The molecule has 5 nitrogen and oxygen atoms in total. The van der Waals surface area contributed by atoms with Crippen molar-refractivity contribution in [1.82, 2.24) is 15.1 Å². The molecule has 1 heterocycles. The van der Waals surface area contributed by atoms with Gasteiger partial charge < -0.3 is 10.6 Å². The number of carbonyl (C=O) groups is 1. The van der Waals surface area contributed by atoms with E-state index in [9.17, 15) is 4.79 Å². The molecule has 1 saturated carbocycles. The number of hydrogen-bond donors (Lipinski definition) is 1. The van der Waals surface area contributed by atoms with Crippen LogP contribution in [0.4, 0.5) is 5.13 Å². The average Bonchev–Trinajstić information content (AvgIpc) is 2.83. The Kier molecular flexibility index (Phi) is 5.04. The van der Waals surface area contributed by atoms with E-state index >= 15 is 0 Å². The molecule has 1 aromatic rings. The summed E-state index contributed by atoms with van der Waals surface area (Å²) in [6.07, 6.45) is 6.02. The highest BCUT2D eigenvalue weighted by Gasteiger charge is 2.26. The molecule has 1 unspecified atom stereocenters. The monoisotopic (exact) mass is 300 g/mol. The van der Waals surface area contributed by atoms with Crippen molar-refractivity contribution in [2.24, 2.45) is 0 Å². The van der Waals surface area contributed by atoms with Crippen LogP contribution < -0.4 is 5.73 Å². The first-order chi connectivity index (χ1) is 9.08. The van der Waals surface area contributed by atoms with E-state index in [1.54, 1.807) is 0 Å². The standard InChI is InChI=1S/C12H20N4OS2/c1-8(18-12-15-14-11(13)19-12)10(17)16(2)9-6-4-3-5-7-9/h8-9H,3-7H2,1-2H3,(H2,13,14). The van der Waals surface area contributed by atoms with Crippen molar-refractivity contribution in [1.29, 1.82) is 0 Å². The van der Waals surface area contributed by atoms with Crippen LogP contribution in [0.3, 0.4) is 0 Å². The molecular weight excluding hydrogens is 280 g/mol. The molecule has 2 N–H and O–H groups in total. The van der Waals surface area contributed by atoms with Gasteiger partial charge in [-0.15, -0.1) is 10.2 Å². The van der Waals surface area contributed by atoms with E-state index in [-0.39, 0.29) is 11.2 Å². The largest absolute Gasteiger partial charge is 0.374 e. The smallest absolute Gasteiger partial charge is 0.235 e. The number of anilines is 1. The molecule has 0 spiro atoms. The van der Waals surface area contributed by atoms with Crippen molar-refractivity contribution in [3.05, 3.63) is 0 Å². The minimum atomic E-state index is -0.140. The van der Waals surface area contributed by atoms with Gasteiger partial charge in [0.25, 0.3) is 0 Å². The number of nitrogens with two attached hydrogens (primary N) is 1. The van der Waals surface area contributed by atoms with Gasteiger partial charge in [-0.1, -0.05) is 42.4 Å². The first-order valence-corrected chi connectivity index (χ1v) is 8.30. The Balaban J connectivity index is 1.90. The third kappa shape index (κ3) is 3.82. The van der Waals surface area contributed by atoms with Crippen LogP contribution in [-0.2, 0) is 4.79 Å². The SMILES string of the molecule is CC(Sc1nnc(N)s1)C(=O)N(C)C1CCCCC1. The van der Waals surface area contributed by atoms with Crippen LogP contribution in [0.15, 0.2) is 4.34 Å². The molecule has 0 bridgehead atoms. The molecule has 1 amide bonds. The van der Waals surface area contributed by atoms with Crippen LogP contribution >= 0.6 is 23.1 Å². The lowest BCUT2D eigenvalue weighted by Crippen LogP contribution is -2.42. The van der Waals surface area contributed by atoms with Gasteiger partial charge in [0.05, 0.1) is 5.25 Å². The summed E-state index contributed by atoms with van der Waals surface area (Å²) in [5.74, 6) is 0.172. The molecule has 1 aromatic heterocycles. The summed E-state index contributed by atoms with van der Waals surface area (Å²) in [5, 5.41) is 8.02. The third-order valence-corrected chi connectivity index (χ3v) is 5.44. The normalized spacial score (nSPS) is 18.2. The Morgan fingerprint density at radius 1 is 1.42 bits per heavy atom. The summed E-state index contributed by atoms with van der Waals surface area (Å²) in [4.78, 5) is 14.3. The van der Waals surface area contributed by atoms with Crippen LogP contribution in [0.5, 0.6) is 0 Å². The summed E-state index contributed by atoms with van der Waals surface area (Å²) >= 11 is 2.77. The van der Waals surface area contributed by atoms with Crippen molar-refractivity contribution >= 4 is 34.1 Å². The van der Waals surface area contributed by atoms with Gasteiger partial charge in [0.2, 0.25) is 11.0 Å². The van der Waals surface area contributed by atoms with E-state index in [1.165, 1.54) is 42.4 Å². The van der Waals surface area contributed by atoms with Gasteiger partial charge in [0.15, 0.2) is 4.34 Å². The van der Waals surface area contributed by atoms with Gasteiger partial charge >= 0.3 is 0 Å². The summed E-state index contributed by atoms with van der Waals surface area (Å²) < 4.78 is 0.760. The zero-order valence-corrected chi connectivity index (χ0v) is 13.0. The molecule has 1 aliphatic rings. The Morgan fingerprint density at radius 3 is 2.68 bits per heavy atom. The van der Waals surface area contributed by atoms with E-state index in [0.717, 1.165) is 17.2 Å². The lowest BCUT2D eigenvalue weighted by atomic mass is 9.94. The van der Waals surface area contributed by atoms with Gasteiger partial charge in [-0.25, -0.2) is 0 Å². The fourth-order valence-corrected chi connectivity index (χ4v) is 4.29. The molecule has 1 atom stereocenters. The number of aromatic nitrogens is 2. The zero-order chi connectivity index (χ0) is 13.8. The van der Waals surface area contributed by atoms with Gasteiger partial charge in [0.1, 0.15) is 0 Å². The topological polar surface area (TPSA) is 72.1 Å². The van der Waals surface area contributed by atoms with E-state index in [0.29, 0.717) is 11.2 Å². The predicted octanol–water partition coefficient (Wildman–Crippen LogP) is 2.39. The molecule has 19 heavy (non-hydrogen) atoms. The molecule has 0 aromatic carbocycles. The summed E-state index contributed by atoms with van der Waals surface area (Å²) in [6.45, 7) is 1.92. The van der Waals surface area contributed by atoms with Gasteiger partial charge in [-0.2, -0.15) is 0 Å². The van der Waals surface area contributed by atoms with E-state index in [1.807, 2.05) is 18.9 Å². The molecule has 0 radical (unpaired) electrons. The predicted molar refractivity (Wildman–Crippen MR) is 79.3 cm³/mol. The maximum Gasteiger partial charge on any atom is 0.235 e. The summed E-state index contributed by atoms with van der Waals surface area (Å²) in [5.41, 5.74) is 5.54. The highest BCUT2D eigenvalue weighted by molar-refractivity contribution is 8.02. The Bertz CT molecular complexity index is 431. The second-order valence-electron chi connectivity index (χ2n) is 4.91. The maximum atomic E-state index is 12.4. The average molecular weight is 300 g/mol. The first kappa shape index (κ1) is 14.6. The molecule has 1 aliphatic carbocycles. The molecular formula is C12H20N4OS2. The van der Waals surface area contributed by atoms with Crippen molar-refractivity contribution in [3.63, 3.8) is 0 Å². The number of carbonyl (C=O) groups excluding carboxylic acids is 1. The van der Waals surface area contributed by atoms with Crippen molar-refractivity contribution in [3.8, 4) is 0 Å². The van der Waals surface area contributed by atoms with Gasteiger partial charge in [0, 0.05) is 13.1 Å². The molecule has 7 heteroatoms. The Hall–Kier alpha value is -0.820. The highest BCUT2D eigenvalue weighted by atomic mass is 32.2. The van der Waals surface area contributed by atoms with Crippen LogP contribution in [0.1, 0.15) is 39.0 Å². The lowest BCUT2D eigenvalue weighted by molar-refractivity contribution is -0.131. The maximum absolute atomic E-state index is 12.4. The van der Waals surface area contributed by atoms with Crippen LogP contribution in [0, 0.1) is 0 Å².